The number of aromatic hydroxyl groups is 1. The van der Waals surface area contributed by atoms with Gasteiger partial charge < -0.3 is 61.9 Å². The maximum absolute atomic E-state index is 11.4. The lowest BCUT2D eigenvalue weighted by Crippen LogP contribution is -2.03. The maximum atomic E-state index is 11.4. The molecular weight excluding hydrogens is 764 g/mol. The van der Waals surface area contributed by atoms with Crippen molar-refractivity contribution >= 4 is 23.9 Å². The zero-order valence-electron chi connectivity index (χ0n) is 34.8. The van der Waals surface area contributed by atoms with Gasteiger partial charge in [-0.15, -0.1) is 0 Å². The summed E-state index contributed by atoms with van der Waals surface area (Å²) in [6.07, 6.45) is 0. The third kappa shape index (κ3) is 13.6. The lowest BCUT2D eigenvalue weighted by Gasteiger charge is -2.13. The van der Waals surface area contributed by atoms with Crippen LogP contribution < -0.4 is 37.9 Å². The monoisotopic (exact) mass is 814 g/mol. The quantitative estimate of drug-likeness (QED) is 0.129. The summed E-state index contributed by atoms with van der Waals surface area (Å²) in [6, 6.07) is 15.9. The molecule has 316 valence electrons. The number of phenols is 1. The molecule has 17 nitrogen and oxygen atoms in total. The summed E-state index contributed by atoms with van der Waals surface area (Å²) in [7, 11) is 17.1. The van der Waals surface area contributed by atoms with Crippen molar-refractivity contribution in [3.05, 3.63) is 88.5 Å². The topological polar surface area (TPSA) is 199 Å². The third-order valence-corrected chi connectivity index (χ3v) is 7.62. The minimum absolute atomic E-state index is 0.146. The van der Waals surface area contributed by atoms with E-state index >= 15 is 0 Å². The van der Waals surface area contributed by atoms with Crippen molar-refractivity contribution in [3.63, 3.8) is 0 Å². The van der Waals surface area contributed by atoms with Gasteiger partial charge >= 0.3 is 23.9 Å². The highest BCUT2D eigenvalue weighted by molar-refractivity contribution is 5.92. The van der Waals surface area contributed by atoms with Gasteiger partial charge in [0.2, 0.25) is 11.5 Å². The van der Waals surface area contributed by atoms with Gasteiger partial charge in [-0.2, -0.15) is 0 Å². The SMILES string of the molecule is COC(=O)c1cc(OC)c(O)c(OC)c1.COC(=O)c1cc(OC)c(OC)c(OC)c1.COC(=O)c1ccc(C)c(OC)c1.COC(=O)c1ccc(OC)c(OC)c1. The summed E-state index contributed by atoms with van der Waals surface area (Å²) in [5.41, 5.74) is 2.53. The van der Waals surface area contributed by atoms with E-state index in [1.54, 1.807) is 37.4 Å². The van der Waals surface area contributed by atoms with Crippen molar-refractivity contribution in [3.8, 4) is 51.7 Å². The smallest absolute Gasteiger partial charge is 0.338 e. The van der Waals surface area contributed by atoms with Crippen LogP contribution in [0.2, 0.25) is 0 Å². The summed E-state index contributed by atoms with van der Waals surface area (Å²) in [6.45, 7) is 1.92. The van der Waals surface area contributed by atoms with Crippen LogP contribution in [0.3, 0.4) is 0 Å². The Kier molecular flexibility index (Phi) is 21.3. The number of aryl methyl sites for hydroxylation is 1. The molecule has 0 amide bonds. The molecule has 0 aliphatic rings. The Balaban J connectivity index is 0.000000388. The van der Waals surface area contributed by atoms with Gasteiger partial charge in [0.25, 0.3) is 0 Å². The number of benzene rings is 4. The normalized spacial score (nSPS) is 9.47. The van der Waals surface area contributed by atoms with Crippen LogP contribution in [-0.2, 0) is 18.9 Å². The Morgan fingerprint density at radius 3 is 1.02 bits per heavy atom. The minimum atomic E-state index is -0.522. The Morgan fingerprint density at radius 1 is 0.362 bits per heavy atom. The molecule has 4 aromatic carbocycles. The van der Waals surface area contributed by atoms with Gasteiger partial charge in [-0.1, -0.05) is 6.07 Å². The van der Waals surface area contributed by atoms with Crippen LogP contribution in [0, 0.1) is 6.92 Å². The molecule has 0 spiro atoms. The molecule has 0 bridgehead atoms. The average molecular weight is 815 g/mol. The number of methoxy groups -OCH3 is 12. The molecule has 0 aliphatic carbocycles. The van der Waals surface area contributed by atoms with E-state index < -0.39 is 17.9 Å². The number of phenolic OH excluding ortho intramolecular Hbond substituents is 1. The molecule has 1 N–H and O–H groups in total. The highest BCUT2D eigenvalue weighted by Crippen LogP contribution is 2.39. The molecule has 0 fully saturated rings. The van der Waals surface area contributed by atoms with E-state index in [-0.39, 0.29) is 28.8 Å². The Morgan fingerprint density at radius 2 is 0.672 bits per heavy atom. The summed E-state index contributed by atoms with van der Waals surface area (Å²) in [5, 5.41) is 9.57. The first-order valence-corrected chi connectivity index (χ1v) is 16.7. The van der Waals surface area contributed by atoms with Crippen LogP contribution in [0.25, 0.3) is 0 Å². The Hall–Kier alpha value is -7.04. The van der Waals surface area contributed by atoms with E-state index in [1.165, 1.54) is 102 Å². The van der Waals surface area contributed by atoms with E-state index in [0.717, 1.165) is 5.56 Å². The molecular formula is C41H50O17. The molecule has 0 saturated carbocycles. The minimum Gasteiger partial charge on any atom is -0.502 e. The first-order chi connectivity index (χ1) is 27.7. The molecule has 0 atom stereocenters. The van der Waals surface area contributed by atoms with Crippen LogP contribution in [0.5, 0.6) is 51.7 Å². The van der Waals surface area contributed by atoms with Crippen molar-refractivity contribution in [1.29, 1.82) is 0 Å². The van der Waals surface area contributed by atoms with Gasteiger partial charge in [-0.05, 0) is 67.1 Å². The van der Waals surface area contributed by atoms with Gasteiger partial charge in [-0.3, -0.25) is 0 Å². The molecule has 0 unspecified atom stereocenters. The van der Waals surface area contributed by atoms with Crippen molar-refractivity contribution in [2.45, 2.75) is 6.92 Å². The zero-order chi connectivity index (χ0) is 43.9. The first kappa shape index (κ1) is 49.0. The van der Waals surface area contributed by atoms with Crippen LogP contribution in [-0.4, -0.2) is 114 Å². The lowest BCUT2D eigenvalue weighted by molar-refractivity contribution is 0.0591. The van der Waals surface area contributed by atoms with Crippen LogP contribution in [0.15, 0.2) is 60.7 Å². The summed E-state index contributed by atoms with van der Waals surface area (Å²) in [4.78, 5) is 44.9. The predicted octanol–water partition coefficient (Wildman–Crippen LogP) is 5.98. The second kappa shape index (κ2) is 25.2. The number of hydrogen-bond acceptors (Lipinski definition) is 17. The highest BCUT2D eigenvalue weighted by Gasteiger charge is 2.18. The van der Waals surface area contributed by atoms with Gasteiger partial charge in [-0.25, -0.2) is 19.2 Å². The predicted molar refractivity (Wildman–Crippen MR) is 210 cm³/mol. The van der Waals surface area contributed by atoms with Crippen LogP contribution in [0.4, 0.5) is 0 Å². The second-order valence-corrected chi connectivity index (χ2v) is 10.9. The van der Waals surface area contributed by atoms with Crippen LogP contribution in [0.1, 0.15) is 47.0 Å². The van der Waals surface area contributed by atoms with Gasteiger partial charge in [0, 0.05) is 0 Å². The molecule has 0 saturated heterocycles. The molecule has 17 heteroatoms. The molecule has 0 heterocycles. The number of ether oxygens (including phenoxy) is 12. The van der Waals surface area contributed by atoms with E-state index in [1.807, 2.05) is 13.0 Å². The lowest BCUT2D eigenvalue weighted by atomic mass is 10.1. The third-order valence-electron chi connectivity index (χ3n) is 7.62. The van der Waals surface area contributed by atoms with E-state index in [9.17, 15) is 24.3 Å². The van der Waals surface area contributed by atoms with E-state index in [2.05, 4.69) is 18.9 Å². The number of esters is 4. The number of rotatable bonds is 12. The Labute approximate surface area is 337 Å². The summed E-state index contributed by atoms with van der Waals surface area (Å²) < 4.78 is 58.6. The van der Waals surface area contributed by atoms with Crippen LogP contribution >= 0.6 is 0 Å². The fraction of sp³-hybridized carbons (Fsp3) is 0.317. The van der Waals surface area contributed by atoms with Gasteiger partial charge in [0.15, 0.2) is 34.5 Å². The number of hydrogen-bond donors (Lipinski definition) is 1. The molecule has 4 aromatic rings. The zero-order valence-corrected chi connectivity index (χ0v) is 34.8. The molecule has 0 aromatic heterocycles. The maximum Gasteiger partial charge on any atom is 0.338 e. The van der Waals surface area contributed by atoms with Gasteiger partial charge in [0.05, 0.1) is 108 Å². The van der Waals surface area contributed by atoms with E-state index in [4.69, 9.17) is 37.9 Å². The Bertz CT molecular complexity index is 1920. The molecule has 0 aliphatic heterocycles. The fourth-order valence-corrected chi connectivity index (χ4v) is 4.59. The summed E-state index contributed by atoms with van der Waals surface area (Å²) >= 11 is 0. The average Bonchev–Trinajstić information content (AvgIpc) is 3.27. The first-order valence-electron chi connectivity index (χ1n) is 16.7. The number of carbonyl (C=O) groups excluding carboxylic acids is 4. The largest absolute Gasteiger partial charge is 0.502 e. The van der Waals surface area contributed by atoms with Crippen molar-refractivity contribution < 1.29 is 81.1 Å². The molecule has 4 rings (SSSR count). The molecule has 0 radical (unpaired) electrons. The summed E-state index contributed by atoms with van der Waals surface area (Å²) in [5.74, 6) is 1.52. The van der Waals surface area contributed by atoms with Crippen molar-refractivity contribution in [2.24, 2.45) is 0 Å². The molecule has 58 heavy (non-hydrogen) atoms. The fourth-order valence-electron chi connectivity index (χ4n) is 4.59. The highest BCUT2D eigenvalue weighted by atomic mass is 16.5. The van der Waals surface area contributed by atoms with Crippen molar-refractivity contribution in [1.82, 2.24) is 0 Å². The van der Waals surface area contributed by atoms with Gasteiger partial charge in [0.1, 0.15) is 5.75 Å². The standard InChI is InChI=1S/C11H14O5.C10H12O5.C10H12O4.C10H12O3/c1-13-8-5-7(11(12)16-4)6-9(14-2)10(8)15-3;1-13-7-4-6(10(12)15-3)5-8(14-2)9(7)11;1-12-8-5-4-7(10(11)14-3)6-9(8)13-2;1-7-4-5-8(10(11)13-3)6-9(7)12-2/h5-6H,1-4H3;4-5,11H,1-3H3;4-6H,1-3H3;4-6H,1-3H3. The van der Waals surface area contributed by atoms with Crippen molar-refractivity contribution in [2.75, 3.05) is 85.3 Å². The number of carbonyl (C=O) groups is 4. The van der Waals surface area contributed by atoms with E-state index in [0.29, 0.717) is 51.2 Å². The second-order valence-electron chi connectivity index (χ2n) is 10.9.